The lowest BCUT2D eigenvalue weighted by Crippen LogP contribution is -2.45. The predicted molar refractivity (Wildman–Crippen MR) is 86.2 cm³/mol. The fourth-order valence-corrected chi connectivity index (χ4v) is 3.03. The zero-order chi connectivity index (χ0) is 14.7. The molecule has 0 saturated carbocycles. The van der Waals surface area contributed by atoms with Crippen molar-refractivity contribution in [3.8, 4) is 0 Å². The third-order valence-electron chi connectivity index (χ3n) is 3.22. The normalized spacial score (nSPS) is 18.7. The van der Waals surface area contributed by atoms with Crippen LogP contribution in [-0.2, 0) is 4.79 Å². The van der Waals surface area contributed by atoms with E-state index in [0.29, 0.717) is 21.7 Å². The number of nitrogens with one attached hydrogen (secondary N) is 1. The van der Waals surface area contributed by atoms with Gasteiger partial charge in [-0.15, -0.1) is 0 Å². The van der Waals surface area contributed by atoms with E-state index in [-0.39, 0.29) is 11.8 Å². The van der Waals surface area contributed by atoms with Crippen LogP contribution in [0.5, 0.6) is 0 Å². The van der Waals surface area contributed by atoms with Gasteiger partial charge in [0.1, 0.15) is 0 Å². The first-order valence-corrected chi connectivity index (χ1v) is 7.43. The highest BCUT2D eigenvalue weighted by Gasteiger charge is 2.25. The number of carbonyl (C=O) groups is 1. The van der Waals surface area contributed by atoms with Crippen molar-refractivity contribution in [3.05, 3.63) is 28.2 Å². The van der Waals surface area contributed by atoms with Crippen molar-refractivity contribution in [1.29, 1.82) is 0 Å². The van der Waals surface area contributed by atoms with Crippen molar-refractivity contribution in [1.82, 2.24) is 4.90 Å². The van der Waals surface area contributed by atoms with Gasteiger partial charge < -0.3 is 16.0 Å². The van der Waals surface area contributed by atoms with E-state index in [0.717, 1.165) is 25.1 Å². The van der Waals surface area contributed by atoms with Crippen LogP contribution in [0.2, 0.25) is 10.0 Å². The summed E-state index contributed by atoms with van der Waals surface area (Å²) in [4.78, 5) is 13.2. The molecule has 0 unspecified atom stereocenters. The van der Waals surface area contributed by atoms with Crippen molar-refractivity contribution in [2.75, 3.05) is 18.4 Å². The zero-order valence-electron chi connectivity index (χ0n) is 10.7. The smallest absolute Gasteiger partial charge is 0.222 e. The minimum atomic E-state index is -0.275. The number of rotatable bonds is 2. The Morgan fingerprint density at radius 1 is 1.35 bits per heavy atom. The molecule has 1 atom stereocenters. The number of nitrogens with two attached hydrogens (primary N) is 1. The molecule has 1 heterocycles. The van der Waals surface area contributed by atoms with Crippen molar-refractivity contribution < 1.29 is 4.79 Å². The molecule has 7 heteroatoms. The van der Waals surface area contributed by atoms with Crippen LogP contribution in [-0.4, -0.2) is 29.0 Å². The number of benzene rings is 1. The van der Waals surface area contributed by atoms with E-state index < -0.39 is 0 Å². The first kappa shape index (κ1) is 15.4. The van der Waals surface area contributed by atoms with Crippen molar-refractivity contribution in [2.45, 2.75) is 12.8 Å². The van der Waals surface area contributed by atoms with Crippen molar-refractivity contribution >= 4 is 52.1 Å². The number of hydrogen-bond acceptors (Lipinski definition) is 2. The number of anilines is 1. The molecule has 1 fully saturated rings. The zero-order valence-corrected chi connectivity index (χ0v) is 13.1. The molecule has 1 aromatic carbocycles. The molecule has 108 valence electrons. The van der Waals surface area contributed by atoms with E-state index in [1.54, 1.807) is 18.2 Å². The molecule has 0 spiro atoms. The maximum absolute atomic E-state index is 11.3. The summed E-state index contributed by atoms with van der Waals surface area (Å²) in [6, 6.07) is 5.14. The number of likely N-dealkylation sites (tertiary alicyclic amines) is 1. The molecule has 0 radical (unpaired) electrons. The van der Waals surface area contributed by atoms with Gasteiger partial charge in [-0.05, 0) is 43.3 Å². The number of primary amides is 1. The maximum atomic E-state index is 11.3. The molecule has 1 aliphatic heterocycles. The fourth-order valence-electron chi connectivity index (χ4n) is 2.22. The number of nitrogens with zero attached hydrogens (tertiary/aromatic N) is 1. The van der Waals surface area contributed by atoms with Gasteiger partial charge in [-0.1, -0.05) is 23.2 Å². The highest BCUT2D eigenvalue weighted by atomic mass is 35.5. The molecule has 1 aliphatic rings. The molecule has 3 N–H and O–H groups in total. The van der Waals surface area contributed by atoms with Crippen LogP contribution in [0.3, 0.4) is 0 Å². The fraction of sp³-hybridized carbons (Fsp3) is 0.385. The molecule has 20 heavy (non-hydrogen) atoms. The Morgan fingerprint density at radius 2 is 2.00 bits per heavy atom. The second kappa shape index (κ2) is 6.61. The minimum Gasteiger partial charge on any atom is -0.369 e. The molecule has 4 nitrogen and oxygen atoms in total. The summed E-state index contributed by atoms with van der Waals surface area (Å²) >= 11 is 17.2. The van der Waals surface area contributed by atoms with Gasteiger partial charge in [0.25, 0.3) is 0 Å². The molecule has 1 aromatic rings. The van der Waals surface area contributed by atoms with E-state index in [1.165, 1.54) is 0 Å². The number of carbonyl (C=O) groups excluding carboxylic acids is 1. The molecular weight excluding hydrogens is 317 g/mol. The Balaban J connectivity index is 2.02. The summed E-state index contributed by atoms with van der Waals surface area (Å²) < 4.78 is 0. The average Bonchev–Trinajstić information content (AvgIpc) is 2.37. The highest BCUT2D eigenvalue weighted by Crippen LogP contribution is 2.23. The third-order valence-corrected chi connectivity index (χ3v) is 4.02. The standard InChI is InChI=1S/C13H15Cl2N3OS/c14-9-4-10(15)6-11(5-9)17-13(20)18-3-1-2-8(7-18)12(16)19/h4-6,8H,1-3,7H2,(H2,16,19)(H,17,20)/t8-/m0/s1. The SMILES string of the molecule is NC(=O)[C@H]1CCCN(C(=S)Nc2cc(Cl)cc(Cl)c2)C1. The Kier molecular flexibility index (Phi) is 5.07. The average molecular weight is 332 g/mol. The summed E-state index contributed by atoms with van der Waals surface area (Å²) in [6.45, 7) is 1.36. The Morgan fingerprint density at radius 3 is 2.60 bits per heavy atom. The van der Waals surface area contributed by atoms with Crippen LogP contribution in [0.4, 0.5) is 5.69 Å². The van der Waals surface area contributed by atoms with E-state index in [2.05, 4.69) is 5.32 Å². The van der Waals surface area contributed by atoms with Crippen LogP contribution in [0, 0.1) is 5.92 Å². The maximum Gasteiger partial charge on any atom is 0.222 e. The van der Waals surface area contributed by atoms with Gasteiger partial charge in [0, 0.05) is 28.8 Å². The van der Waals surface area contributed by atoms with Crippen LogP contribution in [0.15, 0.2) is 18.2 Å². The summed E-state index contributed by atoms with van der Waals surface area (Å²) in [5, 5.41) is 4.72. The first-order chi connectivity index (χ1) is 9.45. The van der Waals surface area contributed by atoms with Crippen molar-refractivity contribution in [2.24, 2.45) is 11.7 Å². The molecular formula is C13H15Cl2N3OS. The summed E-state index contributed by atoms with van der Waals surface area (Å²) in [5.74, 6) is -0.422. The predicted octanol–water partition coefficient (Wildman–Crippen LogP) is 2.89. The van der Waals surface area contributed by atoms with Crippen LogP contribution in [0.25, 0.3) is 0 Å². The summed E-state index contributed by atoms with van der Waals surface area (Å²) in [6.07, 6.45) is 1.71. The summed E-state index contributed by atoms with van der Waals surface area (Å²) in [5.41, 5.74) is 6.09. The van der Waals surface area contributed by atoms with Crippen LogP contribution >= 0.6 is 35.4 Å². The second-order valence-electron chi connectivity index (χ2n) is 4.78. The lowest BCUT2D eigenvalue weighted by molar-refractivity contribution is -0.122. The lowest BCUT2D eigenvalue weighted by Gasteiger charge is -2.33. The minimum absolute atomic E-state index is 0.147. The largest absolute Gasteiger partial charge is 0.369 e. The molecule has 0 bridgehead atoms. The first-order valence-electron chi connectivity index (χ1n) is 6.27. The van der Waals surface area contributed by atoms with Gasteiger partial charge in [-0.2, -0.15) is 0 Å². The molecule has 2 rings (SSSR count). The van der Waals surface area contributed by atoms with Crippen molar-refractivity contribution in [3.63, 3.8) is 0 Å². The van der Waals surface area contributed by atoms with Gasteiger partial charge >= 0.3 is 0 Å². The monoisotopic (exact) mass is 331 g/mol. The van der Waals surface area contributed by atoms with E-state index >= 15 is 0 Å². The number of thiocarbonyl (C=S) groups is 1. The van der Waals surface area contributed by atoms with Crippen LogP contribution in [0.1, 0.15) is 12.8 Å². The Bertz CT molecular complexity index is 518. The highest BCUT2D eigenvalue weighted by molar-refractivity contribution is 7.80. The van der Waals surface area contributed by atoms with Gasteiger partial charge in [-0.3, -0.25) is 4.79 Å². The number of amides is 1. The topological polar surface area (TPSA) is 58.4 Å². The third kappa shape index (κ3) is 3.98. The molecule has 1 saturated heterocycles. The summed E-state index contributed by atoms with van der Waals surface area (Å²) in [7, 11) is 0. The number of hydrogen-bond donors (Lipinski definition) is 2. The van der Waals surface area contributed by atoms with Crippen LogP contribution < -0.4 is 11.1 Å². The molecule has 0 aliphatic carbocycles. The van der Waals surface area contributed by atoms with Gasteiger partial charge in [-0.25, -0.2) is 0 Å². The van der Waals surface area contributed by atoms with E-state index in [9.17, 15) is 4.79 Å². The Labute approximate surface area is 133 Å². The quantitative estimate of drug-likeness (QED) is 0.818. The molecule has 1 amide bonds. The van der Waals surface area contributed by atoms with E-state index in [1.807, 2.05) is 4.90 Å². The molecule has 0 aromatic heterocycles. The second-order valence-corrected chi connectivity index (χ2v) is 6.04. The van der Waals surface area contributed by atoms with Gasteiger partial charge in [0.15, 0.2) is 5.11 Å². The van der Waals surface area contributed by atoms with Gasteiger partial charge in [0.05, 0.1) is 5.92 Å². The van der Waals surface area contributed by atoms with E-state index in [4.69, 9.17) is 41.2 Å². The number of halogens is 2. The van der Waals surface area contributed by atoms with Gasteiger partial charge in [0.2, 0.25) is 5.91 Å². The lowest BCUT2D eigenvalue weighted by atomic mass is 9.98. The number of piperidine rings is 1. The Hall–Kier alpha value is -1.04.